The maximum Gasteiger partial charge on any atom is 0.303 e. The smallest absolute Gasteiger partial charge is 0.303 e. The highest BCUT2D eigenvalue weighted by molar-refractivity contribution is 5.66. The van der Waals surface area contributed by atoms with Gasteiger partial charge in [0, 0.05) is 6.42 Å². The third-order valence-electron chi connectivity index (χ3n) is 0.878. The molecule has 5 N–H and O–H groups in total. The number of rotatable bonds is 3. The number of carbonyl (C=O) groups is 1. The van der Waals surface area contributed by atoms with E-state index in [1.165, 1.54) is 0 Å². The zero-order valence-electron chi connectivity index (χ0n) is 5.42. The summed E-state index contributed by atoms with van der Waals surface area (Å²) < 4.78 is 0. The van der Waals surface area contributed by atoms with Gasteiger partial charge >= 0.3 is 5.97 Å². The lowest BCUT2D eigenvalue weighted by Crippen LogP contribution is -2.46. The summed E-state index contributed by atoms with van der Waals surface area (Å²) in [4.78, 5) is 9.93. The fourth-order valence-electron chi connectivity index (χ4n) is 0.376. The lowest BCUT2D eigenvalue weighted by atomic mass is 10.1. The molecule has 0 rings (SSSR count). The van der Waals surface area contributed by atoms with Gasteiger partial charge in [-0.3, -0.25) is 4.79 Å². The fourth-order valence-corrected chi connectivity index (χ4v) is 0.376. The summed E-state index contributed by atoms with van der Waals surface area (Å²) in [6, 6.07) is 0. The Kier molecular flexibility index (Phi) is 2.61. The van der Waals surface area contributed by atoms with Gasteiger partial charge in [0.05, 0.1) is 5.66 Å². The topological polar surface area (TPSA) is 89.3 Å². The second kappa shape index (κ2) is 2.80. The van der Waals surface area contributed by atoms with E-state index in [2.05, 4.69) is 0 Å². The van der Waals surface area contributed by atoms with Crippen molar-refractivity contribution in [1.82, 2.24) is 0 Å². The highest BCUT2D eigenvalue weighted by Gasteiger charge is 2.12. The van der Waals surface area contributed by atoms with Gasteiger partial charge in [0.2, 0.25) is 0 Å². The van der Waals surface area contributed by atoms with Gasteiger partial charge in [0.25, 0.3) is 0 Å². The summed E-state index contributed by atoms with van der Waals surface area (Å²) >= 11 is 0. The number of carboxylic acids is 1. The van der Waals surface area contributed by atoms with Crippen LogP contribution in [0.15, 0.2) is 0 Å². The first-order valence-electron chi connectivity index (χ1n) is 2.71. The summed E-state index contributed by atoms with van der Waals surface area (Å²) in [5.41, 5.74) is 9.75. The van der Waals surface area contributed by atoms with Gasteiger partial charge in [-0.1, -0.05) is 0 Å². The molecular formula is C5H12N2O2. The van der Waals surface area contributed by atoms with Crippen molar-refractivity contribution in [1.29, 1.82) is 0 Å². The van der Waals surface area contributed by atoms with Gasteiger partial charge in [-0.25, -0.2) is 0 Å². The second-order valence-electron chi connectivity index (χ2n) is 2.40. The van der Waals surface area contributed by atoms with Crippen molar-refractivity contribution < 1.29 is 9.90 Å². The molecule has 0 heterocycles. The van der Waals surface area contributed by atoms with E-state index in [0.29, 0.717) is 6.42 Å². The molecule has 4 heteroatoms. The van der Waals surface area contributed by atoms with E-state index in [-0.39, 0.29) is 6.42 Å². The molecule has 0 bridgehead atoms. The quantitative estimate of drug-likeness (QED) is 0.451. The van der Waals surface area contributed by atoms with Crippen LogP contribution in [0.5, 0.6) is 0 Å². The molecule has 0 radical (unpaired) electrons. The van der Waals surface area contributed by atoms with E-state index in [1.54, 1.807) is 6.92 Å². The lowest BCUT2D eigenvalue weighted by Gasteiger charge is -2.16. The second-order valence-corrected chi connectivity index (χ2v) is 2.40. The Hall–Kier alpha value is -0.610. The van der Waals surface area contributed by atoms with Crippen LogP contribution >= 0.6 is 0 Å². The van der Waals surface area contributed by atoms with Gasteiger partial charge in [-0.15, -0.1) is 0 Å². The van der Waals surface area contributed by atoms with E-state index in [4.69, 9.17) is 16.6 Å². The highest BCUT2D eigenvalue weighted by Crippen LogP contribution is 1.99. The standard InChI is InChI=1S/C5H12N2O2/c1-5(6,7)3-2-4(8)9/h2-3,6-7H2,1H3,(H,8,9). The molecule has 0 aliphatic rings. The van der Waals surface area contributed by atoms with Crippen LogP contribution in [-0.2, 0) is 4.79 Å². The van der Waals surface area contributed by atoms with Crippen LogP contribution in [0.3, 0.4) is 0 Å². The molecule has 0 fully saturated rings. The van der Waals surface area contributed by atoms with Crippen LogP contribution in [-0.4, -0.2) is 16.7 Å². The maximum absolute atomic E-state index is 9.93. The van der Waals surface area contributed by atoms with Gasteiger partial charge in [-0.05, 0) is 13.3 Å². The molecule has 0 aliphatic heterocycles. The molecule has 0 aliphatic carbocycles. The summed E-state index contributed by atoms with van der Waals surface area (Å²) in [7, 11) is 0. The molecular weight excluding hydrogens is 120 g/mol. The van der Waals surface area contributed by atoms with Crippen molar-refractivity contribution in [3.05, 3.63) is 0 Å². The SMILES string of the molecule is CC(N)(N)CCC(=O)O. The number of hydrogen-bond acceptors (Lipinski definition) is 3. The molecule has 0 saturated heterocycles. The maximum atomic E-state index is 9.93. The van der Waals surface area contributed by atoms with Gasteiger partial charge in [0.1, 0.15) is 0 Å². The minimum Gasteiger partial charge on any atom is -0.481 e. The van der Waals surface area contributed by atoms with Crippen LogP contribution < -0.4 is 11.5 Å². The van der Waals surface area contributed by atoms with Crippen molar-refractivity contribution in [3.8, 4) is 0 Å². The van der Waals surface area contributed by atoms with E-state index < -0.39 is 11.6 Å². The lowest BCUT2D eigenvalue weighted by molar-refractivity contribution is -0.137. The van der Waals surface area contributed by atoms with Crippen LogP contribution in [0, 0.1) is 0 Å². The van der Waals surface area contributed by atoms with E-state index >= 15 is 0 Å². The Morgan fingerprint density at radius 1 is 1.67 bits per heavy atom. The molecule has 0 unspecified atom stereocenters. The first-order chi connectivity index (χ1) is 3.92. The molecule has 0 aromatic carbocycles. The molecule has 0 atom stereocenters. The van der Waals surface area contributed by atoms with Crippen molar-refractivity contribution in [3.63, 3.8) is 0 Å². The zero-order chi connectivity index (χ0) is 7.49. The number of aliphatic carboxylic acids is 1. The Morgan fingerprint density at radius 3 is 2.22 bits per heavy atom. The predicted molar refractivity (Wildman–Crippen MR) is 33.6 cm³/mol. The summed E-state index contributed by atoms with van der Waals surface area (Å²) in [5, 5.41) is 8.17. The van der Waals surface area contributed by atoms with Crippen LogP contribution in [0.4, 0.5) is 0 Å². The van der Waals surface area contributed by atoms with Crippen LogP contribution in [0.25, 0.3) is 0 Å². The van der Waals surface area contributed by atoms with Gasteiger partial charge in [-0.2, -0.15) is 0 Å². The first kappa shape index (κ1) is 8.39. The first-order valence-corrected chi connectivity index (χ1v) is 2.71. The van der Waals surface area contributed by atoms with Crippen LogP contribution in [0.1, 0.15) is 19.8 Å². The largest absolute Gasteiger partial charge is 0.481 e. The molecule has 0 spiro atoms. The van der Waals surface area contributed by atoms with Crippen LogP contribution in [0.2, 0.25) is 0 Å². The Labute approximate surface area is 53.8 Å². The average Bonchev–Trinajstić information content (AvgIpc) is 1.59. The van der Waals surface area contributed by atoms with Gasteiger partial charge in [0.15, 0.2) is 0 Å². The molecule has 0 aromatic rings. The Morgan fingerprint density at radius 2 is 2.11 bits per heavy atom. The monoisotopic (exact) mass is 132 g/mol. The molecule has 54 valence electrons. The number of hydrogen-bond donors (Lipinski definition) is 3. The fraction of sp³-hybridized carbons (Fsp3) is 0.800. The summed E-state index contributed by atoms with van der Waals surface area (Å²) in [6.45, 7) is 1.59. The zero-order valence-corrected chi connectivity index (χ0v) is 5.42. The molecule has 4 nitrogen and oxygen atoms in total. The molecule has 0 saturated carbocycles. The predicted octanol–water partition coefficient (Wildman–Crippen LogP) is -0.515. The number of carboxylic acid groups (broad SMARTS) is 1. The Bertz CT molecular complexity index is 106. The van der Waals surface area contributed by atoms with E-state index in [9.17, 15) is 4.79 Å². The third-order valence-corrected chi connectivity index (χ3v) is 0.878. The highest BCUT2D eigenvalue weighted by atomic mass is 16.4. The minimum absolute atomic E-state index is 0.0312. The average molecular weight is 132 g/mol. The Balaban J connectivity index is 3.39. The van der Waals surface area contributed by atoms with Crippen molar-refractivity contribution in [2.45, 2.75) is 25.4 Å². The molecule has 0 amide bonds. The molecule has 9 heavy (non-hydrogen) atoms. The third kappa shape index (κ3) is 7.39. The van der Waals surface area contributed by atoms with E-state index in [1.807, 2.05) is 0 Å². The minimum atomic E-state index is -0.864. The van der Waals surface area contributed by atoms with Crippen molar-refractivity contribution in [2.24, 2.45) is 11.5 Å². The van der Waals surface area contributed by atoms with E-state index in [0.717, 1.165) is 0 Å². The van der Waals surface area contributed by atoms with Crippen molar-refractivity contribution in [2.75, 3.05) is 0 Å². The summed E-state index contributed by atoms with van der Waals surface area (Å²) in [6.07, 6.45) is 0.339. The number of nitrogens with two attached hydrogens (primary N) is 2. The molecule has 0 aromatic heterocycles. The summed E-state index contributed by atoms with van der Waals surface area (Å²) in [5.74, 6) is -0.864. The van der Waals surface area contributed by atoms with Crippen molar-refractivity contribution >= 4 is 5.97 Å². The van der Waals surface area contributed by atoms with Gasteiger partial charge < -0.3 is 16.6 Å². The normalized spacial score (nSPS) is 11.4.